The van der Waals surface area contributed by atoms with Crippen molar-refractivity contribution in [3.05, 3.63) is 65.8 Å². The molecule has 33 heavy (non-hydrogen) atoms. The van der Waals surface area contributed by atoms with E-state index in [2.05, 4.69) is 53.4 Å². The molecular weight excluding hydrogens is 438 g/mol. The predicted octanol–water partition coefficient (Wildman–Crippen LogP) is 8.85. The Balaban J connectivity index is 0.000000454. The van der Waals surface area contributed by atoms with Crippen molar-refractivity contribution in [3.8, 4) is 0 Å². The van der Waals surface area contributed by atoms with E-state index in [1.807, 2.05) is 13.8 Å². The predicted molar refractivity (Wildman–Crippen MR) is 140 cm³/mol. The Morgan fingerprint density at radius 2 is 1.36 bits per heavy atom. The van der Waals surface area contributed by atoms with Crippen LogP contribution in [-0.4, -0.2) is 5.91 Å². The molecule has 1 N–H and O–H groups in total. The van der Waals surface area contributed by atoms with E-state index in [4.69, 9.17) is 0 Å². The molecule has 1 atom stereocenters. The van der Waals surface area contributed by atoms with Gasteiger partial charge in [0, 0.05) is 0 Å². The maximum absolute atomic E-state index is 13.3. The van der Waals surface area contributed by atoms with Gasteiger partial charge >= 0.3 is 169 Å². The van der Waals surface area contributed by atoms with Gasteiger partial charge in [-0.1, -0.05) is 24.3 Å². The van der Waals surface area contributed by atoms with E-state index in [1.165, 1.54) is 78.4 Å². The molecule has 2 nitrogen and oxygen atoms in total. The van der Waals surface area contributed by atoms with Gasteiger partial charge in [-0.15, -0.1) is 0 Å². The number of carbonyl (C=O) groups is 1. The van der Waals surface area contributed by atoms with Crippen LogP contribution in [0.25, 0.3) is 6.08 Å². The zero-order valence-electron chi connectivity index (χ0n) is 21.1. The van der Waals surface area contributed by atoms with Crippen LogP contribution in [0, 0.1) is 5.92 Å². The summed E-state index contributed by atoms with van der Waals surface area (Å²) < 4.78 is 6.90. The molecule has 0 spiro atoms. The molecule has 0 radical (unpaired) electrons. The molecule has 1 aromatic rings. The number of fused-ring (bicyclic) bond motifs is 1. The van der Waals surface area contributed by atoms with Crippen molar-refractivity contribution >= 4 is 12.0 Å². The second-order valence-corrected chi connectivity index (χ2v) is 17.2. The van der Waals surface area contributed by atoms with E-state index in [0.29, 0.717) is 10.1 Å². The molecule has 2 fully saturated rings. The maximum atomic E-state index is 13.3. The van der Waals surface area contributed by atoms with Crippen molar-refractivity contribution in [1.29, 1.82) is 0 Å². The van der Waals surface area contributed by atoms with Crippen LogP contribution >= 0.6 is 0 Å². The molecule has 0 aromatic heterocycles. The third-order valence-corrected chi connectivity index (χ3v) is 14.0. The van der Waals surface area contributed by atoms with Gasteiger partial charge in [0.2, 0.25) is 0 Å². The van der Waals surface area contributed by atoms with Gasteiger partial charge < -0.3 is 0 Å². The van der Waals surface area contributed by atoms with E-state index >= 15 is 0 Å². The minimum absolute atomic E-state index is 0.271. The molecule has 0 bridgehead atoms. The normalized spacial score (nSPS) is 22.5. The Bertz CT molecular complexity index is 827. The van der Waals surface area contributed by atoms with E-state index in [0.717, 1.165) is 24.0 Å². The number of hydrogen-bond acceptors (Lipinski definition) is 1. The van der Waals surface area contributed by atoms with Crippen LogP contribution in [0.1, 0.15) is 99.8 Å². The minimum atomic E-state index is -2.26. The van der Waals surface area contributed by atoms with Crippen molar-refractivity contribution in [1.82, 2.24) is 3.80 Å². The zero-order valence-corrected chi connectivity index (χ0v) is 22.7. The fraction of sp³-hybridized carbons (Fsp3) is 0.567. The van der Waals surface area contributed by atoms with Crippen LogP contribution < -0.4 is 3.80 Å². The average Bonchev–Trinajstić information content (AvgIpc) is 3.42. The third kappa shape index (κ3) is 7.83. The number of amides is 1. The summed E-state index contributed by atoms with van der Waals surface area (Å²) in [6.07, 6.45) is 18.9. The molecule has 1 aromatic carbocycles. The van der Waals surface area contributed by atoms with Gasteiger partial charge in [0.1, 0.15) is 0 Å². The van der Waals surface area contributed by atoms with Crippen LogP contribution in [0.2, 0.25) is 9.45 Å². The molecule has 1 aliphatic heterocycles. The second-order valence-electron chi connectivity index (χ2n) is 10.6. The molecule has 4 rings (SSSR count). The van der Waals surface area contributed by atoms with Crippen molar-refractivity contribution in [2.75, 3.05) is 0 Å². The summed E-state index contributed by atoms with van der Waals surface area (Å²) >= 11 is -2.26. The van der Waals surface area contributed by atoms with Gasteiger partial charge in [0.05, 0.1) is 0 Å². The second kappa shape index (κ2) is 12.9. The molecule has 1 saturated carbocycles. The zero-order chi connectivity index (χ0) is 23.7. The molecule has 1 saturated heterocycles. The molecule has 1 amide bonds. The topological polar surface area (TPSA) is 29.1 Å². The van der Waals surface area contributed by atoms with Crippen LogP contribution in [0.4, 0.5) is 0 Å². The van der Waals surface area contributed by atoms with E-state index in [9.17, 15) is 4.79 Å². The summed E-state index contributed by atoms with van der Waals surface area (Å²) in [5.74, 6) is 0.690. The van der Waals surface area contributed by atoms with Gasteiger partial charge in [0.25, 0.3) is 0 Å². The molecule has 3 aliphatic rings. The molecule has 2 aliphatic carbocycles. The van der Waals surface area contributed by atoms with Gasteiger partial charge in [-0.25, -0.2) is 0 Å². The van der Waals surface area contributed by atoms with Crippen molar-refractivity contribution in [2.24, 2.45) is 5.92 Å². The number of nitrogens with one attached hydrogen (secondary N) is 1. The number of carbonyl (C=O) groups excluding carboxylic acids is 1. The van der Waals surface area contributed by atoms with E-state index in [1.54, 1.807) is 0 Å². The van der Waals surface area contributed by atoms with Gasteiger partial charge in [-0.3, -0.25) is 0 Å². The molecular formula is C30H45NOTi. The number of benzene rings is 1. The summed E-state index contributed by atoms with van der Waals surface area (Å²) in [5, 5.41) is 0. The Morgan fingerprint density at radius 1 is 0.848 bits per heavy atom. The van der Waals surface area contributed by atoms with Gasteiger partial charge in [-0.2, -0.15) is 0 Å². The fourth-order valence-corrected chi connectivity index (χ4v) is 12.1. The Morgan fingerprint density at radius 3 is 1.88 bits per heavy atom. The molecule has 180 valence electrons. The van der Waals surface area contributed by atoms with Gasteiger partial charge in [0.15, 0.2) is 0 Å². The summed E-state index contributed by atoms with van der Waals surface area (Å²) in [5.41, 5.74) is 4.98. The summed E-state index contributed by atoms with van der Waals surface area (Å²) in [6.45, 7) is 11.2. The number of hydrogen-bond donors (Lipinski definition) is 1. The van der Waals surface area contributed by atoms with Crippen LogP contribution in [0.3, 0.4) is 0 Å². The van der Waals surface area contributed by atoms with E-state index in [-0.39, 0.29) is 5.92 Å². The Hall–Kier alpha value is -1.38. The SMILES string of the molecule is C=C(C)C(=C)C.O=C([NH][Ti]1([CH]2C=Cc3ccccc32)[CH2][CH2]1)C1CCCCCCCCCCC1. The number of allylic oxidation sites excluding steroid dienone is 3. The monoisotopic (exact) mass is 483 g/mol. The fourth-order valence-electron chi connectivity index (χ4n) is 5.15. The van der Waals surface area contributed by atoms with Crippen molar-refractivity contribution < 1.29 is 21.6 Å². The average molecular weight is 484 g/mol. The molecule has 3 heteroatoms. The van der Waals surface area contributed by atoms with Gasteiger partial charge in [-0.05, 0) is 13.8 Å². The Kier molecular flexibility index (Phi) is 10.3. The molecule has 1 heterocycles. The summed E-state index contributed by atoms with van der Waals surface area (Å²) in [4.78, 5) is 13.3. The standard InChI is InChI=1S/C13H25NO.C9H7.C6H10.C2H4.Ti/c14-13(15)12-10-8-6-4-2-1-3-5-7-9-11-12;1-2-5-9-7-3-6-8(9)4-1;1-5(2)6(3)4;1-2;/h12H,1-11H2,(H2,14,15);1-7H;1,3H2,2,4H3;1-2H2;/q;;;;+1/p-1. The molecule has 1 unspecified atom stereocenters. The van der Waals surface area contributed by atoms with Crippen molar-refractivity contribution in [2.45, 2.75) is 98.2 Å². The summed E-state index contributed by atoms with van der Waals surface area (Å²) in [7, 11) is 0. The first kappa shape index (κ1) is 26.2. The first-order valence-corrected chi connectivity index (χ1v) is 17.2. The third-order valence-electron chi connectivity index (χ3n) is 7.76. The first-order valence-electron chi connectivity index (χ1n) is 13.3. The van der Waals surface area contributed by atoms with E-state index < -0.39 is 16.8 Å². The Labute approximate surface area is 206 Å². The first-order chi connectivity index (χ1) is 15.9. The van der Waals surface area contributed by atoms with Crippen LogP contribution in [0.15, 0.2) is 54.6 Å². The van der Waals surface area contributed by atoms with Crippen LogP contribution in [0.5, 0.6) is 0 Å². The number of rotatable bonds is 4. The van der Waals surface area contributed by atoms with Crippen LogP contribution in [-0.2, 0) is 21.6 Å². The van der Waals surface area contributed by atoms with Crippen molar-refractivity contribution in [3.63, 3.8) is 0 Å². The quantitative estimate of drug-likeness (QED) is 0.336. The summed E-state index contributed by atoms with van der Waals surface area (Å²) in [6, 6.07) is 8.79.